The molecule has 1 saturated heterocycles. The van der Waals surface area contributed by atoms with Crippen molar-refractivity contribution in [3.8, 4) is 0 Å². The van der Waals surface area contributed by atoms with Gasteiger partial charge in [-0.3, -0.25) is 4.68 Å². The Morgan fingerprint density at radius 1 is 1.13 bits per heavy atom. The molecule has 9 heteroatoms. The van der Waals surface area contributed by atoms with Crippen LogP contribution < -0.4 is 15.1 Å². The van der Waals surface area contributed by atoms with E-state index in [4.69, 9.17) is 11.6 Å². The maximum Gasteiger partial charge on any atom is 0.229 e. The van der Waals surface area contributed by atoms with E-state index in [1.54, 1.807) is 10.9 Å². The first-order chi connectivity index (χ1) is 14.4. The van der Waals surface area contributed by atoms with Crippen molar-refractivity contribution in [1.29, 1.82) is 0 Å². The first-order valence-electron chi connectivity index (χ1n) is 10.1. The van der Waals surface area contributed by atoms with Crippen LogP contribution in [0.5, 0.6) is 0 Å². The minimum atomic E-state index is 0.354. The number of aryl methyl sites for hydroxylation is 3. The number of pyridine rings is 1. The zero-order valence-corrected chi connectivity index (χ0v) is 18.6. The molecule has 0 saturated carbocycles. The van der Waals surface area contributed by atoms with E-state index in [2.05, 4.69) is 61.3 Å². The van der Waals surface area contributed by atoms with E-state index in [1.807, 2.05) is 26.4 Å². The van der Waals surface area contributed by atoms with E-state index in [0.29, 0.717) is 17.0 Å². The fourth-order valence-corrected chi connectivity index (χ4v) is 4.04. The van der Waals surface area contributed by atoms with Gasteiger partial charge in [-0.1, -0.05) is 17.7 Å². The van der Waals surface area contributed by atoms with E-state index in [1.165, 1.54) is 5.56 Å². The van der Waals surface area contributed by atoms with Crippen LogP contribution in [0.4, 0.5) is 23.3 Å². The van der Waals surface area contributed by atoms with Gasteiger partial charge in [-0.2, -0.15) is 10.1 Å². The molecule has 158 valence electrons. The number of hydrogen-bond acceptors (Lipinski definition) is 7. The number of rotatable bonds is 5. The molecule has 3 aromatic rings. The van der Waals surface area contributed by atoms with Crippen LogP contribution in [0, 0.1) is 13.8 Å². The first-order valence-corrected chi connectivity index (χ1v) is 10.5. The van der Waals surface area contributed by atoms with Crippen LogP contribution in [0.15, 0.2) is 30.7 Å². The second-order valence-electron chi connectivity index (χ2n) is 7.81. The van der Waals surface area contributed by atoms with Gasteiger partial charge in [0.05, 0.1) is 17.6 Å². The van der Waals surface area contributed by atoms with Crippen molar-refractivity contribution >= 4 is 34.9 Å². The Labute approximate surface area is 181 Å². The predicted molar refractivity (Wildman–Crippen MR) is 121 cm³/mol. The molecule has 30 heavy (non-hydrogen) atoms. The Morgan fingerprint density at radius 2 is 1.90 bits per heavy atom. The van der Waals surface area contributed by atoms with Crippen LogP contribution in [0.1, 0.15) is 24.1 Å². The summed E-state index contributed by atoms with van der Waals surface area (Å²) in [5.41, 5.74) is 2.95. The Bertz CT molecular complexity index is 1010. The van der Waals surface area contributed by atoms with Crippen LogP contribution in [-0.2, 0) is 7.05 Å². The molecule has 0 bridgehead atoms. The monoisotopic (exact) mass is 426 g/mol. The molecule has 8 nitrogen and oxygen atoms in total. The van der Waals surface area contributed by atoms with Gasteiger partial charge in [0.25, 0.3) is 0 Å². The highest BCUT2D eigenvalue weighted by molar-refractivity contribution is 6.32. The summed E-state index contributed by atoms with van der Waals surface area (Å²) in [6.45, 7) is 5.91. The van der Waals surface area contributed by atoms with Crippen molar-refractivity contribution in [2.24, 2.45) is 7.05 Å². The molecule has 4 rings (SSSR count). The molecule has 1 N–H and O–H groups in total. The summed E-state index contributed by atoms with van der Waals surface area (Å²) in [5.74, 6) is 2.29. The molecule has 0 atom stereocenters. The van der Waals surface area contributed by atoms with E-state index in [-0.39, 0.29) is 0 Å². The molecule has 1 fully saturated rings. The molecule has 0 unspecified atom stereocenters. The van der Waals surface area contributed by atoms with Crippen molar-refractivity contribution in [2.75, 3.05) is 35.3 Å². The third-order valence-electron chi connectivity index (χ3n) is 5.55. The van der Waals surface area contributed by atoms with E-state index < -0.39 is 0 Å². The van der Waals surface area contributed by atoms with Gasteiger partial charge >= 0.3 is 0 Å². The van der Waals surface area contributed by atoms with Gasteiger partial charge in [0.1, 0.15) is 10.8 Å². The summed E-state index contributed by atoms with van der Waals surface area (Å²) in [6.07, 6.45) is 7.51. The lowest BCUT2D eigenvalue weighted by Crippen LogP contribution is -2.44. The van der Waals surface area contributed by atoms with Gasteiger partial charge in [0, 0.05) is 45.6 Å². The topological polar surface area (TPSA) is 75.0 Å². The highest BCUT2D eigenvalue weighted by Gasteiger charge is 2.25. The molecule has 1 aliphatic rings. The average molecular weight is 427 g/mol. The van der Waals surface area contributed by atoms with Crippen LogP contribution in [0.2, 0.25) is 5.02 Å². The number of anilines is 4. The van der Waals surface area contributed by atoms with Crippen LogP contribution in [0.25, 0.3) is 0 Å². The Balaban J connectivity index is 1.45. The van der Waals surface area contributed by atoms with Crippen molar-refractivity contribution < 1.29 is 0 Å². The third kappa shape index (κ3) is 4.33. The maximum atomic E-state index is 6.46. The molecule has 0 aromatic carbocycles. The summed E-state index contributed by atoms with van der Waals surface area (Å²) in [5, 5.41) is 8.14. The van der Waals surface area contributed by atoms with Gasteiger partial charge < -0.3 is 15.1 Å². The lowest BCUT2D eigenvalue weighted by atomic mass is 10.0. The molecule has 0 spiro atoms. The number of halogens is 1. The molecule has 3 aromatic heterocycles. The summed E-state index contributed by atoms with van der Waals surface area (Å²) < 4.78 is 1.76. The minimum Gasteiger partial charge on any atom is -0.356 e. The first kappa shape index (κ1) is 20.4. The molecule has 0 amide bonds. The quantitative estimate of drug-likeness (QED) is 0.666. The van der Waals surface area contributed by atoms with Gasteiger partial charge in [-0.05, 0) is 38.3 Å². The van der Waals surface area contributed by atoms with Crippen LogP contribution in [-0.4, -0.2) is 50.9 Å². The standard InChI is InChI=1S/C21H27ClN8/c1-14-5-6-19(23-11-14)30-9-7-16(8-10-30)29(4)20-17(22)12-24-21(26-20)25-18-13-28(3)27-15(18)2/h5-6,11-13,16H,7-10H2,1-4H3,(H,24,25,26). The number of aromatic nitrogens is 5. The minimum absolute atomic E-state index is 0.354. The van der Waals surface area contributed by atoms with Crippen molar-refractivity contribution in [2.45, 2.75) is 32.7 Å². The second kappa shape index (κ2) is 8.47. The summed E-state index contributed by atoms with van der Waals surface area (Å²) in [7, 11) is 3.94. The van der Waals surface area contributed by atoms with Gasteiger partial charge in [-0.25, -0.2) is 9.97 Å². The average Bonchev–Trinajstić information content (AvgIpc) is 3.06. The number of nitrogens with zero attached hydrogens (tertiary/aromatic N) is 7. The molecular formula is C21H27ClN8. The molecule has 4 heterocycles. The van der Waals surface area contributed by atoms with E-state index >= 15 is 0 Å². The van der Waals surface area contributed by atoms with Crippen molar-refractivity contribution in [3.63, 3.8) is 0 Å². The van der Waals surface area contributed by atoms with Crippen LogP contribution in [0.3, 0.4) is 0 Å². The number of nitrogens with one attached hydrogen (secondary N) is 1. The fourth-order valence-electron chi connectivity index (χ4n) is 3.81. The normalized spacial score (nSPS) is 14.8. The molecular weight excluding hydrogens is 400 g/mol. The summed E-state index contributed by atoms with van der Waals surface area (Å²) >= 11 is 6.46. The lowest BCUT2D eigenvalue weighted by Gasteiger charge is -2.38. The number of hydrogen-bond donors (Lipinski definition) is 1. The van der Waals surface area contributed by atoms with Crippen molar-refractivity contribution in [1.82, 2.24) is 24.7 Å². The lowest BCUT2D eigenvalue weighted by molar-refractivity contribution is 0.478. The predicted octanol–water partition coefficient (Wildman–Crippen LogP) is 3.72. The summed E-state index contributed by atoms with van der Waals surface area (Å²) in [4.78, 5) is 18.1. The van der Waals surface area contributed by atoms with E-state index in [9.17, 15) is 0 Å². The SMILES string of the molecule is Cc1ccc(N2CCC(N(C)c3nc(Nc4cn(C)nc4C)ncc3Cl)CC2)nc1. The zero-order valence-electron chi connectivity index (χ0n) is 17.8. The fraction of sp³-hybridized carbons (Fsp3) is 0.429. The highest BCUT2D eigenvalue weighted by atomic mass is 35.5. The largest absolute Gasteiger partial charge is 0.356 e. The zero-order chi connectivity index (χ0) is 21.3. The van der Waals surface area contributed by atoms with Crippen molar-refractivity contribution in [3.05, 3.63) is 47.0 Å². The molecule has 0 aliphatic carbocycles. The smallest absolute Gasteiger partial charge is 0.229 e. The second-order valence-corrected chi connectivity index (χ2v) is 8.22. The van der Waals surface area contributed by atoms with E-state index in [0.717, 1.165) is 48.9 Å². The van der Waals surface area contributed by atoms with Crippen LogP contribution >= 0.6 is 11.6 Å². The Morgan fingerprint density at radius 3 is 2.53 bits per heavy atom. The summed E-state index contributed by atoms with van der Waals surface area (Å²) in [6, 6.07) is 4.56. The molecule has 1 aliphatic heterocycles. The van der Waals surface area contributed by atoms with Gasteiger partial charge in [-0.15, -0.1) is 0 Å². The third-order valence-corrected chi connectivity index (χ3v) is 5.82. The Kier molecular flexibility index (Phi) is 5.76. The Hall–Kier alpha value is -2.87. The van der Waals surface area contributed by atoms with Gasteiger partial charge in [0.15, 0.2) is 5.82 Å². The number of piperidine rings is 1. The molecule has 0 radical (unpaired) electrons. The highest BCUT2D eigenvalue weighted by Crippen LogP contribution is 2.29. The van der Waals surface area contributed by atoms with Gasteiger partial charge in [0.2, 0.25) is 5.95 Å². The maximum absolute atomic E-state index is 6.46.